The van der Waals surface area contributed by atoms with Gasteiger partial charge >= 0.3 is 0 Å². The molecule has 0 saturated heterocycles. The Bertz CT molecular complexity index is 810. The first-order valence-corrected chi connectivity index (χ1v) is 7.17. The predicted molar refractivity (Wildman–Crippen MR) is 89.1 cm³/mol. The van der Waals surface area contributed by atoms with Crippen LogP contribution in [0, 0.1) is 0 Å². The first-order chi connectivity index (χ1) is 10.8. The fourth-order valence-corrected chi connectivity index (χ4v) is 2.18. The van der Waals surface area contributed by atoms with E-state index in [1.165, 1.54) is 6.08 Å². The molecule has 1 amide bonds. The number of amides is 1. The first kappa shape index (κ1) is 14.0. The van der Waals surface area contributed by atoms with Gasteiger partial charge in [0.05, 0.1) is 17.8 Å². The van der Waals surface area contributed by atoms with Crippen LogP contribution in [0.2, 0.25) is 0 Å². The second-order valence-electron chi connectivity index (χ2n) is 4.96. The zero-order valence-electron chi connectivity index (χ0n) is 12.1. The molecule has 0 radical (unpaired) electrons. The van der Waals surface area contributed by atoms with Crippen LogP contribution in [0.25, 0.3) is 17.0 Å². The van der Waals surface area contributed by atoms with Gasteiger partial charge in [0.15, 0.2) is 0 Å². The number of hydrogen-bond donors (Lipinski definition) is 1. The van der Waals surface area contributed by atoms with Crippen LogP contribution in [0.5, 0.6) is 0 Å². The Morgan fingerprint density at radius 1 is 0.955 bits per heavy atom. The highest BCUT2D eigenvalue weighted by atomic mass is 16.1. The van der Waals surface area contributed by atoms with Gasteiger partial charge in [-0.25, -0.2) is 0 Å². The quantitative estimate of drug-likeness (QED) is 0.746. The maximum absolute atomic E-state index is 11.8. The van der Waals surface area contributed by atoms with Gasteiger partial charge in [0.2, 0.25) is 5.91 Å². The number of aromatic nitrogens is 1. The minimum Gasteiger partial charge on any atom is -0.347 e. The summed E-state index contributed by atoms with van der Waals surface area (Å²) in [7, 11) is 0. The molecule has 0 aliphatic heterocycles. The molecule has 3 heteroatoms. The third-order valence-corrected chi connectivity index (χ3v) is 3.33. The Morgan fingerprint density at radius 2 is 1.73 bits per heavy atom. The molecule has 0 spiro atoms. The molecule has 3 nitrogen and oxygen atoms in total. The van der Waals surface area contributed by atoms with Crippen LogP contribution in [0.3, 0.4) is 0 Å². The largest absolute Gasteiger partial charge is 0.347 e. The van der Waals surface area contributed by atoms with E-state index in [2.05, 4.69) is 10.3 Å². The van der Waals surface area contributed by atoms with Crippen molar-refractivity contribution < 1.29 is 4.79 Å². The highest BCUT2D eigenvalue weighted by Gasteiger charge is 2.00. The van der Waals surface area contributed by atoms with Gasteiger partial charge in [0.25, 0.3) is 0 Å². The van der Waals surface area contributed by atoms with Crippen LogP contribution in [0.1, 0.15) is 11.3 Å². The monoisotopic (exact) mass is 288 g/mol. The third kappa shape index (κ3) is 3.58. The van der Waals surface area contributed by atoms with Crippen LogP contribution in [0.4, 0.5) is 0 Å². The Hall–Kier alpha value is -2.94. The van der Waals surface area contributed by atoms with Crippen molar-refractivity contribution in [1.29, 1.82) is 0 Å². The number of para-hydroxylation sites is 1. The first-order valence-electron chi connectivity index (χ1n) is 7.17. The number of fused-ring (bicyclic) bond motifs is 1. The summed E-state index contributed by atoms with van der Waals surface area (Å²) in [4.78, 5) is 16.4. The van der Waals surface area contributed by atoms with E-state index in [4.69, 9.17) is 0 Å². The van der Waals surface area contributed by atoms with Gasteiger partial charge in [0, 0.05) is 11.5 Å². The van der Waals surface area contributed by atoms with Gasteiger partial charge in [-0.3, -0.25) is 9.78 Å². The number of carbonyl (C=O) groups excluding carboxylic acids is 1. The second kappa shape index (κ2) is 6.68. The number of pyridine rings is 1. The molecule has 0 saturated carbocycles. The maximum Gasteiger partial charge on any atom is 0.244 e. The molecule has 0 fully saturated rings. The van der Waals surface area contributed by atoms with Crippen molar-refractivity contribution in [3.63, 3.8) is 0 Å². The normalized spacial score (nSPS) is 10.9. The van der Waals surface area contributed by atoms with Gasteiger partial charge in [-0.15, -0.1) is 0 Å². The second-order valence-corrected chi connectivity index (χ2v) is 4.96. The van der Waals surface area contributed by atoms with Crippen molar-refractivity contribution >= 4 is 22.9 Å². The van der Waals surface area contributed by atoms with E-state index in [0.717, 1.165) is 22.2 Å². The fraction of sp³-hybridized carbons (Fsp3) is 0.0526. The summed E-state index contributed by atoms with van der Waals surface area (Å²) in [6.45, 7) is 0.419. The Balaban J connectivity index is 1.61. The van der Waals surface area contributed by atoms with E-state index in [-0.39, 0.29) is 5.91 Å². The molecule has 3 rings (SSSR count). The Labute approximate surface area is 129 Å². The number of rotatable bonds is 4. The van der Waals surface area contributed by atoms with Crippen molar-refractivity contribution in [2.45, 2.75) is 6.54 Å². The molecule has 1 heterocycles. The molecule has 0 bridgehead atoms. The number of nitrogens with one attached hydrogen (secondary N) is 1. The highest BCUT2D eigenvalue weighted by Crippen LogP contribution is 2.11. The summed E-state index contributed by atoms with van der Waals surface area (Å²) in [5.74, 6) is -0.126. The standard InChI is InChI=1S/C19H16N2O/c22-19(13-10-15-6-2-1-3-7-15)20-14-17-12-11-16-8-4-5-9-18(16)21-17/h1-13H,14H2,(H,20,22). The summed E-state index contributed by atoms with van der Waals surface area (Å²) in [5, 5.41) is 3.94. The summed E-state index contributed by atoms with van der Waals surface area (Å²) >= 11 is 0. The number of hydrogen-bond acceptors (Lipinski definition) is 2. The predicted octanol–water partition coefficient (Wildman–Crippen LogP) is 3.56. The number of nitrogens with zero attached hydrogens (tertiary/aromatic N) is 1. The van der Waals surface area contributed by atoms with Crippen LogP contribution >= 0.6 is 0 Å². The molecule has 108 valence electrons. The lowest BCUT2D eigenvalue weighted by Gasteiger charge is -2.04. The van der Waals surface area contributed by atoms with Gasteiger partial charge < -0.3 is 5.32 Å². The van der Waals surface area contributed by atoms with Crippen molar-refractivity contribution in [3.05, 3.63) is 84.1 Å². The Morgan fingerprint density at radius 3 is 2.59 bits per heavy atom. The van der Waals surface area contributed by atoms with E-state index >= 15 is 0 Å². The zero-order valence-corrected chi connectivity index (χ0v) is 12.1. The lowest BCUT2D eigenvalue weighted by Crippen LogP contribution is -2.20. The molecular weight excluding hydrogens is 272 g/mol. The average molecular weight is 288 g/mol. The maximum atomic E-state index is 11.8. The number of carbonyl (C=O) groups is 1. The lowest BCUT2D eigenvalue weighted by molar-refractivity contribution is -0.116. The van der Waals surface area contributed by atoms with Gasteiger partial charge in [0.1, 0.15) is 0 Å². The zero-order chi connectivity index (χ0) is 15.2. The topological polar surface area (TPSA) is 42.0 Å². The van der Waals surface area contributed by atoms with Crippen LogP contribution in [-0.2, 0) is 11.3 Å². The molecule has 0 unspecified atom stereocenters. The third-order valence-electron chi connectivity index (χ3n) is 3.33. The number of benzene rings is 2. The molecule has 1 N–H and O–H groups in total. The van der Waals surface area contributed by atoms with Crippen molar-refractivity contribution in [1.82, 2.24) is 10.3 Å². The minimum absolute atomic E-state index is 0.126. The summed E-state index contributed by atoms with van der Waals surface area (Å²) in [5.41, 5.74) is 2.79. The van der Waals surface area contributed by atoms with Crippen molar-refractivity contribution in [2.75, 3.05) is 0 Å². The molecule has 2 aromatic carbocycles. The van der Waals surface area contributed by atoms with Gasteiger partial charge in [-0.05, 0) is 23.8 Å². The summed E-state index contributed by atoms with van der Waals surface area (Å²) in [6, 6.07) is 21.6. The average Bonchev–Trinajstić information content (AvgIpc) is 2.59. The summed E-state index contributed by atoms with van der Waals surface area (Å²) in [6.07, 6.45) is 3.33. The summed E-state index contributed by atoms with van der Waals surface area (Å²) < 4.78 is 0. The van der Waals surface area contributed by atoms with Crippen LogP contribution < -0.4 is 5.32 Å². The molecular formula is C19H16N2O. The lowest BCUT2D eigenvalue weighted by atomic mass is 10.2. The highest BCUT2D eigenvalue weighted by molar-refractivity contribution is 5.91. The van der Waals surface area contributed by atoms with Crippen molar-refractivity contribution in [3.8, 4) is 0 Å². The molecule has 22 heavy (non-hydrogen) atoms. The molecule has 0 aliphatic carbocycles. The van der Waals surface area contributed by atoms with Crippen molar-refractivity contribution in [2.24, 2.45) is 0 Å². The van der Waals surface area contributed by atoms with E-state index in [0.29, 0.717) is 6.54 Å². The van der Waals surface area contributed by atoms with Crippen LogP contribution in [-0.4, -0.2) is 10.9 Å². The SMILES string of the molecule is O=C(C=Cc1ccccc1)NCc1ccc2ccccc2n1. The van der Waals surface area contributed by atoms with Crippen LogP contribution in [0.15, 0.2) is 72.8 Å². The fourth-order valence-electron chi connectivity index (χ4n) is 2.18. The van der Waals surface area contributed by atoms with E-state index in [1.807, 2.05) is 66.7 Å². The van der Waals surface area contributed by atoms with E-state index in [1.54, 1.807) is 6.08 Å². The van der Waals surface area contributed by atoms with E-state index in [9.17, 15) is 4.79 Å². The Kier molecular flexibility index (Phi) is 4.25. The van der Waals surface area contributed by atoms with Gasteiger partial charge in [-0.1, -0.05) is 54.6 Å². The van der Waals surface area contributed by atoms with E-state index < -0.39 is 0 Å². The minimum atomic E-state index is -0.126. The molecule has 0 atom stereocenters. The molecule has 1 aromatic heterocycles. The molecule has 3 aromatic rings. The smallest absolute Gasteiger partial charge is 0.244 e. The van der Waals surface area contributed by atoms with Gasteiger partial charge in [-0.2, -0.15) is 0 Å². The molecule has 0 aliphatic rings.